The Hall–Kier alpha value is -2.43. The van der Waals surface area contributed by atoms with E-state index in [0.717, 1.165) is 5.39 Å². The molecule has 0 aliphatic heterocycles. The lowest BCUT2D eigenvalue weighted by Crippen LogP contribution is -2.06. The fraction of sp³-hybridized carbons (Fsp3) is 0.154. The van der Waals surface area contributed by atoms with Crippen molar-refractivity contribution in [2.75, 3.05) is 14.2 Å². The summed E-state index contributed by atoms with van der Waals surface area (Å²) in [7, 11) is 2.88. The highest BCUT2D eigenvalue weighted by Crippen LogP contribution is 2.35. The van der Waals surface area contributed by atoms with Gasteiger partial charge >= 0.3 is 5.63 Å². The molecule has 0 saturated carbocycles. The van der Waals surface area contributed by atoms with Crippen molar-refractivity contribution in [1.29, 1.82) is 0 Å². The Morgan fingerprint density at radius 2 is 1.78 bits per heavy atom. The summed E-state index contributed by atoms with van der Waals surface area (Å²) in [5.74, 6) is 0.430. The topological polar surface area (TPSA) is 61.8 Å². The molecule has 0 aliphatic carbocycles. The summed E-state index contributed by atoms with van der Waals surface area (Å²) in [5.41, 5.74) is 0.511. The zero-order valence-electron chi connectivity index (χ0n) is 9.85. The van der Waals surface area contributed by atoms with Crippen molar-refractivity contribution in [3.05, 3.63) is 34.9 Å². The number of hydrogen-bond acceptors (Lipinski definition) is 5. The fourth-order valence-corrected chi connectivity index (χ4v) is 2.04. The third-order valence-corrected chi connectivity index (χ3v) is 2.83. The summed E-state index contributed by atoms with van der Waals surface area (Å²) in [5, 5.41) is 1.40. The summed E-state index contributed by atoms with van der Waals surface area (Å²) in [6, 6.07) is 5.30. The fourth-order valence-electron chi connectivity index (χ4n) is 2.04. The first-order valence-corrected chi connectivity index (χ1v) is 5.31. The van der Waals surface area contributed by atoms with Crippen molar-refractivity contribution in [3.63, 3.8) is 0 Å². The number of ether oxygens (including phenoxy) is 2. The zero-order valence-corrected chi connectivity index (χ0v) is 9.85. The van der Waals surface area contributed by atoms with E-state index in [1.165, 1.54) is 14.2 Å². The van der Waals surface area contributed by atoms with Crippen molar-refractivity contribution in [2.45, 2.75) is 0 Å². The first-order chi connectivity index (χ1) is 8.76. The lowest BCUT2D eigenvalue weighted by atomic mass is 10.1. The first kappa shape index (κ1) is 10.7. The lowest BCUT2D eigenvalue weighted by Gasteiger charge is -2.08. The molecule has 0 bridgehead atoms. The molecule has 2 heterocycles. The molecular weight excluding hydrogens is 236 g/mol. The van der Waals surface area contributed by atoms with Crippen LogP contribution in [0.1, 0.15) is 0 Å². The van der Waals surface area contributed by atoms with Gasteiger partial charge in [-0.3, -0.25) is 0 Å². The summed E-state index contributed by atoms with van der Waals surface area (Å²) < 4.78 is 20.8. The molecule has 5 nitrogen and oxygen atoms in total. The quantitative estimate of drug-likeness (QED) is 0.650. The summed E-state index contributed by atoms with van der Waals surface area (Å²) in [6.45, 7) is 0. The van der Waals surface area contributed by atoms with Crippen LogP contribution in [-0.4, -0.2) is 14.2 Å². The van der Waals surface area contributed by atoms with E-state index in [1.807, 2.05) is 0 Å². The minimum absolute atomic E-state index is 0.0628. The Bertz CT molecular complexity index is 781. The second-order valence-corrected chi connectivity index (χ2v) is 3.73. The van der Waals surface area contributed by atoms with Crippen LogP contribution < -0.4 is 15.1 Å². The molecule has 2 aromatic heterocycles. The van der Waals surface area contributed by atoms with E-state index < -0.39 is 5.63 Å². The molecule has 3 rings (SSSR count). The van der Waals surface area contributed by atoms with E-state index in [0.29, 0.717) is 22.3 Å². The van der Waals surface area contributed by atoms with Crippen LogP contribution in [-0.2, 0) is 0 Å². The molecule has 5 heteroatoms. The van der Waals surface area contributed by atoms with Gasteiger partial charge in [0.25, 0.3) is 0 Å². The highest BCUT2D eigenvalue weighted by Gasteiger charge is 2.18. The number of benzene rings is 1. The van der Waals surface area contributed by atoms with E-state index in [4.69, 9.17) is 18.3 Å². The number of methoxy groups -OCH3 is 2. The van der Waals surface area contributed by atoms with Crippen molar-refractivity contribution in [1.82, 2.24) is 0 Å². The number of fused-ring (bicyclic) bond motifs is 3. The summed E-state index contributed by atoms with van der Waals surface area (Å²) in [6.07, 6.45) is 1.54. The largest absolute Gasteiger partial charge is 0.492 e. The van der Waals surface area contributed by atoms with Gasteiger partial charge in [-0.05, 0) is 18.2 Å². The van der Waals surface area contributed by atoms with Crippen LogP contribution in [0.15, 0.2) is 38.1 Å². The van der Waals surface area contributed by atoms with E-state index >= 15 is 0 Å². The van der Waals surface area contributed by atoms with Crippen molar-refractivity contribution in [2.24, 2.45) is 0 Å². The Morgan fingerprint density at radius 3 is 2.50 bits per heavy atom. The van der Waals surface area contributed by atoms with Crippen molar-refractivity contribution >= 4 is 21.9 Å². The van der Waals surface area contributed by atoms with Gasteiger partial charge in [0.15, 0.2) is 11.3 Å². The van der Waals surface area contributed by atoms with Gasteiger partial charge in [-0.1, -0.05) is 0 Å². The monoisotopic (exact) mass is 246 g/mol. The number of rotatable bonds is 2. The average Bonchev–Trinajstić information content (AvgIpc) is 2.85. The SMILES string of the molecule is COc1c(OC)c2ccc3occc3c2oc1=O. The van der Waals surface area contributed by atoms with Crippen molar-refractivity contribution < 1.29 is 18.3 Å². The number of hydrogen-bond donors (Lipinski definition) is 0. The maximum absolute atomic E-state index is 11.8. The van der Waals surface area contributed by atoms with Crippen LogP contribution in [0.5, 0.6) is 11.5 Å². The standard InChI is InChI=1S/C13H10O5/c1-15-11-8-3-4-9-7(5-6-17-9)10(8)18-13(14)12(11)16-2/h3-6H,1-2H3. The van der Waals surface area contributed by atoms with Crippen LogP contribution >= 0.6 is 0 Å². The zero-order chi connectivity index (χ0) is 12.7. The van der Waals surface area contributed by atoms with Gasteiger partial charge in [-0.2, -0.15) is 0 Å². The molecular formula is C13H10O5. The van der Waals surface area contributed by atoms with Gasteiger partial charge in [0.05, 0.1) is 31.3 Å². The van der Waals surface area contributed by atoms with Crippen LogP contribution in [0.3, 0.4) is 0 Å². The molecule has 18 heavy (non-hydrogen) atoms. The molecule has 92 valence electrons. The van der Waals surface area contributed by atoms with Crippen LogP contribution in [0.4, 0.5) is 0 Å². The second kappa shape index (κ2) is 3.80. The van der Waals surface area contributed by atoms with Gasteiger partial charge in [-0.15, -0.1) is 0 Å². The predicted molar refractivity (Wildman–Crippen MR) is 65.4 cm³/mol. The molecule has 0 unspecified atom stereocenters. The summed E-state index contributed by atoms with van der Waals surface area (Å²) in [4.78, 5) is 11.8. The predicted octanol–water partition coefficient (Wildman–Crippen LogP) is 2.56. The van der Waals surface area contributed by atoms with Crippen LogP contribution in [0.25, 0.3) is 21.9 Å². The van der Waals surface area contributed by atoms with E-state index in [1.54, 1.807) is 24.5 Å². The molecule has 0 aliphatic rings. The Labute approximate surface area is 102 Å². The molecule has 0 fully saturated rings. The van der Waals surface area contributed by atoms with E-state index in [9.17, 15) is 4.79 Å². The average molecular weight is 246 g/mol. The minimum Gasteiger partial charge on any atom is -0.492 e. The van der Waals surface area contributed by atoms with Crippen LogP contribution in [0.2, 0.25) is 0 Å². The van der Waals surface area contributed by atoms with Gasteiger partial charge in [0.2, 0.25) is 5.75 Å². The summed E-state index contributed by atoms with van der Waals surface area (Å²) >= 11 is 0. The molecule has 1 aromatic carbocycles. The maximum Gasteiger partial charge on any atom is 0.383 e. The van der Waals surface area contributed by atoms with E-state index in [2.05, 4.69) is 0 Å². The third-order valence-electron chi connectivity index (χ3n) is 2.83. The van der Waals surface area contributed by atoms with Gasteiger partial charge in [-0.25, -0.2) is 4.79 Å². The van der Waals surface area contributed by atoms with E-state index in [-0.39, 0.29) is 5.75 Å². The molecule has 0 N–H and O–H groups in total. The highest BCUT2D eigenvalue weighted by atomic mass is 16.5. The van der Waals surface area contributed by atoms with Crippen molar-refractivity contribution in [3.8, 4) is 11.5 Å². The molecule has 3 aromatic rings. The molecule has 0 radical (unpaired) electrons. The lowest BCUT2D eigenvalue weighted by molar-refractivity contribution is 0.338. The minimum atomic E-state index is -0.574. The molecule has 0 spiro atoms. The normalized spacial score (nSPS) is 11.0. The smallest absolute Gasteiger partial charge is 0.383 e. The third kappa shape index (κ3) is 1.30. The van der Waals surface area contributed by atoms with Gasteiger partial charge in [0, 0.05) is 0 Å². The molecule has 0 amide bonds. The molecule has 0 saturated heterocycles. The first-order valence-electron chi connectivity index (χ1n) is 5.31. The van der Waals surface area contributed by atoms with Gasteiger partial charge in [0.1, 0.15) is 5.58 Å². The highest BCUT2D eigenvalue weighted by molar-refractivity contribution is 6.04. The Kier molecular flexibility index (Phi) is 2.26. The Balaban J connectivity index is 2.56. The van der Waals surface area contributed by atoms with Crippen LogP contribution in [0, 0.1) is 0 Å². The second-order valence-electron chi connectivity index (χ2n) is 3.73. The molecule has 0 atom stereocenters. The number of furan rings is 1. The Morgan fingerprint density at radius 1 is 1.00 bits per heavy atom. The maximum atomic E-state index is 11.8. The van der Waals surface area contributed by atoms with Gasteiger partial charge < -0.3 is 18.3 Å².